The number of carboxylic acid groups (broad SMARTS) is 1. The number of Topliss-reactive ketones (excluding diaryl/α,β-unsaturated/α-hetero) is 2. The normalized spacial score (nSPS) is 30.6. The number of carbonyl (C=O) groups is 13. The molecular weight excluding hydrogens is 1390 g/mol. The Kier molecular flexibility index (Phi) is 30.0. The molecule has 6 rings (SSSR count). The molecule has 10 amide bonds. The molecule has 20 atom stereocenters. The predicted octanol–water partition coefficient (Wildman–Crippen LogP) is -4.84. The highest BCUT2D eigenvalue weighted by Crippen LogP contribution is 2.54. The number of benzene rings is 2. The second-order valence-corrected chi connectivity index (χ2v) is 27.1. The van der Waals surface area contributed by atoms with E-state index in [1.165, 1.54) is 52.8 Å². The molecule has 11 unspecified atom stereocenters. The number of hydrogen-bond donors (Lipinski definition) is 21. The maximum Gasteiger partial charge on any atom is 0.336 e. The van der Waals surface area contributed by atoms with E-state index >= 15 is 0 Å². The molecule has 5 bridgehead atoms. The summed E-state index contributed by atoms with van der Waals surface area (Å²) in [5, 5.41) is 138. The minimum atomic E-state index is -2.73. The third-order valence-electron chi connectivity index (χ3n) is 19.2. The van der Waals surface area contributed by atoms with Gasteiger partial charge in [-0.15, -0.1) is 0 Å². The number of β-amino-alcohol motifs (C(OH)–C–C–N with tert-alkyl or cyclic N) is 1. The van der Waals surface area contributed by atoms with Crippen molar-refractivity contribution < 1.29 is 133 Å². The quantitative estimate of drug-likeness (QED) is 0.0587. The third-order valence-corrected chi connectivity index (χ3v) is 19.2. The Balaban J connectivity index is 1.50. The molecule has 0 saturated carbocycles. The molecule has 580 valence electrons. The van der Waals surface area contributed by atoms with Crippen LogP contribution in [0.2, 0.25) is 0 Å². The first-order valence-electron chi connectivity index (χ1n) is 33.6. The van der Waals surface area contributed by atoms with E-state index in [4.69, 9.17) is 19.9 Å². The van der Waals surface area contributed by atoms with E-state index in [0.717, 1.165) is 26.2 Å². The van der Waals surface area contributed by atoms with Crippen LogP contribution in [0, 0.1) is 54.3 Å². The van der Waals surface area contributed by atoms with Gasteiger partial charge in [-0.2, -0.15) is 0 Å². The number of fused-ring (bicyclic) bond motifs is 14. The number of amides is 10. The van der Waals surface area contributed by atoms with Crippen molar-refractivity contribution in [3.63, 3.8) is 0 Å². The molecule has 22 N–H and O–H groups in total. The van der Waals surface area contributed by atoms with Gasteiger partial charge in [0.05, 0.1) is 54.4 Å². The van der Waals surface area contributed by atoms with E-state index in [2.05, 4.69) is 26.6 Å². The van der Waals surface area contributed by atoms with Gasteiger partial charge in [0.15, 0.2) is 24.2 Å². The number of rotatable bonds is 15. The number of allylic oxidation sites excluding steroid dienone is 2. The molecule has 0 radical (unpaired) electrons. The molecule has 0 spiro atoms. The van der Waals surface area contributed by atoms with Crippen molar-refractivity contribution in [2.75, 3.05) is 38.2 Å². The Bertz CT molecular complexity index is 3750. The Labute approximate surface area is 602 Å². The van der Waals surface area contributed by atoms with Crippen LogP contribution in [-0.2, 0) is 62.3 Å². The monoisotopic (exact) mass is 1480 g/mol. The highest BCUT2D eigenvalue weighted by atomic mass is 16.7. The number of ether oxygens (including phenoxy) is 3. The summed E-state index contributed by atoms with van der Waals surface area (Å²) in [6.07, 6.45) is -5.41. The maximum absolute atomic E-state index is 14.8. The van der Waals surface area contributed by atoms with E-state index in [1.807, 2.05) is 36.7 Å². The Morgan fingerprint density at radius 3 is 1.95 bits per heavy atom. The first-order chi connectivity index (χ1) is 49.0. The van der Waals surface area contributed by atoms with Crippen molar-refractivity contribution in [1.82, 2.24) is 42.5 Å². The molecule has 0 aliphatic carbocycles. The molecular formula is C68H96N10O27. The van der Waals surface area contributed by atoms with Crippen LogP contribution in [0.5, 0.6) is 23.0 Å². The summed E-state index contributed by atoms with van der Waals surface area (Å²) in [7, 11) is 0. The van der Waals surface area contributed by atoms with Crippen LogP contribution < -0.4 is 63.1 Å². The number of carbonyl (C=O) groups excluding carboxylic acids is 12. The maximum atomic E-state index is 14.8. The number of aromatic hydroxyl groups is 2. The first-order valence-corrected chi connectivity index (χ1v) is 33.6. The molecule has 0 aromatic heterocycles. The van der Waals surface area contributed by atoms with Gasteiger partial charge in [-0.1, -0.05) is 66.7 Å². The standard InChI is InChI=1S/C68H96N10O27/c1-25(2)36-18-40(82)39(23-80)75-62(96)38(74-66(100)49(67(101)102)78-63(97)41(83)21-71-64(98)47(34(11)81)76-65(99)48(77-61(36)95)54(89)55(90)58(69)92)20-70-60(94)33(10)72-43(84)24-103-42-19-37-53(88)45-44(42)46-56(32(9)52(45)87)105-68(12,57(46)91)104-17-16-35(22-79)29(6)28(5)30(7)51(86)31(8)50(85)26(3)14-13-15-27(4)59(93)73-37/h13-17,19,25-26,28-31,33-36,38-39,41,47-51,54-55,79-81,83,85-90H,18,20-24H2,1-12H3,(H2,69,92)(H,70,94)(H,71,98)(H,72,84)(H,73,93)(H,74,100)(H,75,96)(H,76,99)(H,77,95)(H,78,97)(H,101,102)/b14-13+,17-16+,27-15-/t26-,28+,29-,30-,31+,33?,34?,35+,36?,38?,39?,41?,47?,48?,49?,50-,51-,54?,55?,68-/m0/s1. The molecule has 105 heavy (non-hydrogen) atoms. The van der Waals surface area contributed by atoms with E-state index in [1.54, 1.807) is 25.2 Å². The van der Waals surface area contributed by atoms with E-state index in [0.29, 0.717) is 0 Å². The van der Waals surface area contributed by atoms with Crippen LogP contribution in [0.15, 0.2) is 42.2 Å². The number of anilines is 1. The molecule has 4 aliphatic heterocycles. The van der Waals surface area contributed by atoms with Gasteiger partial charge < -0.3 is 124 Å². The SMILES string of the molecule is C/C1=C/C=C/[C@H](C)[C@H](O)[C@@H](C)[C@@H](O)[C@@H](C)[C@H](C)[C@H](C)[C@@H](CO)/C=C/O[C@@]2(C)Oc3c(C)c(O)c4c(O)c(cc(OCC(=O)NC(C)C(=O)NCC5NC(=O)C(C(=O)O)NC(=O)C(O)CNC(=O)C(C(C)O)NC(=O)C(C(O)C(O)C(N)=O)NC(=O)C(C(C)C)CC(=O)C(CO)NC5=O)c4c3C2=O)NC1=O. The van der Waals surface area contributed by atoms with E-state index in [9.17, 15) is 119 Å². The van der Waals surface area contributed by atoms with Crippen molar-refractivity contribution in [2.24, 2.45) is 53.1 Å². The van der Waals surface area contributed by atoms with Gasteiger partial charge in [-0.05, 0) is 57.4 Å². The van der Waals surface area contributed by atoms with E-state index in [-0.39, 0.29) is 39.7 Å². The van der Waals surface area contributed by atoms with Crippen LogP contribution >= 0.6 is 0 Å². The van der Waals surface area contributed by atoms with Gasteiger partial charge in [0.25, 0.3) is 29.4 Å². The second kappa shape index (κ2) is 36.7. The third kappa shape index (κ3) is 20.6. The largest absolute Gasteiger partial charge is 0.507 e. The van der Waals surface area contributed by atoms with Gasteiger partial charge in [0, 0.05) is 72.8 Å². The van der Waals surface area contributed by atoms with Crippen LogP contribution in [0.25, 0.3) is 10.8 Å². The van der Waals surface area contributed by atoms with Gasteiger partial charge in [-0.3, -0.25) is 57.5 Å². The number of ketones is 2. The summed E-state index contributed by atoms with van der Waals surface area (Å²) in [4.78, 5) is 177. The highest BCUT2D eigenvalue weighted by molar-refractivity contribution is 6.22. The molecule has 4 aliphatic rings. The molecule has 1 saturated heterocycles. The Morgan fingerprint density at radius 1 is 0.733 bits per heavy atom. The zero-order valence-electron chi connectivity index (χ0n) is 59.8. The summed E-state index contributed by atoms with van der Waals surface area (Å²) < 4.78 is 18.2. The van der Waals surface area contributed by atoms with Crippen molar-refractivity contribution >= 4 is 93.1 Å². The van der Waals surface area contributed by atoms with Crippen molar-refractivity contribution in [2.45, 2.75) is 168 Å². The average molecular weight is 1490 g/mol. The van der Waals surface area contributed by atoms with Crippen LogP contribution in [0.3, 0.4) is 0 Å². The first kappa shape index (κ1) is 85.8. The van der Waals surface area contributed by atoms with Crippen LogP contribution in [-0.4, -0.2) is 244 Å². The summed E-state index contributed by atoms with van der Waals surface area (Å²) in [6.45, 7) is 12.7. The number of carboxylic acids is 1. The summed E-state index contributed by atoms with van der Waals surface area (Å²) in [5.74, 6) is -28.1. The fraction of sp³-hybridized carbons (Fsp3) is 0.574. The minimum absolute atomic E-state index is 0.0274. The molecule has 1 fully saturated rings. The summed E-state index contributed by atoms with van der Waals surface area (Å²) in [5.41, 5.74) is 4.25. The van der Waals surface area contributed by atoms with E-state index < -0.39 is 258 Å². The lowest BCUT2D eigenvalue weighted by atomic mass is 9.72. The molecule has 37 heteroatoms. The lowest BCUT2D eigenvalue weighted by molar-refractivity contribution is -0.148. The fourth-order valence-electron chi connectivity index (χ4n) is 11.9. The number of aliphatic hydroxyl groups is 8. The number of nitrogens with one attached hydrogen (secondary N) is 9. The highest BCUT2D eigenvalue weighted by Gasteiger charge is 2.50. The number of aliphatic hydroxyl groups excluding tert-OH is 8. The number of primary amides is 1. The number of phenols is 2. The van der Waals surface area contributed by atoms with Crippen LogP contribution in [0.1, 0.15) is 98.5 Å². The van der Waals surface area contributed by atoms with Gasteiger partial charge >= 0.3 is 11.8 Å². The van der Waals surface area contributed by atoms with Crippen molar-refractivity contribution in [3.05, 3.63) is 53.3 Å². The summed E-state index contributed by atoms with van der Waals surface area (Å²) >= 11 is 0. The number of nitrogens with two attached hydrogens (primary N) is 1. The van der Waals surface area contributed by atoms with Gasteiger partial charge in [0.1, 0.15) is 59.7 Å². The summed E-state index contributed by atoms with van der Waals surface area (Å²) in [6, 6.07) is -12.2. The number of hydrogen-bond acceptors (Lipinski definition) is 26. The van der Waals surface area contributed by atoms with Gasteiger partial charge in [0.2, 0.25) is 41.5 Å². The fourth-order valence-corrected chi connectivity index (χ4v) is 11.9. The van der Waals surface area contributed by atoms with Crippen LogP contribution in [0.4, 0.5) is 5.69 Å². The molecule has 4 heterocycles. The molecule has 2 aromatic rings. The van der Waals surface area contributed by atoms with Gasteiger partial charge in [-0.25, -0.2) is 4.79 Å². The second-order valence-electron chi connectivity index (χ2n) is 27.1. The number of aliphatic carboxylic acids is 1. The number of phenolic OH excluding ortho intramolecular Hbond substituents is 2. The molecule has 2 aromatic carbocycles. The topological polar surface area (TPSA) is 606 Å². The lowest BCUT2D eigenvalue weighted by Crippen LogP contribution is -2.64. The Morgan fingerprint density at radius 2 is 1.36 bits per heavy atom. The average Bonchev–Trinajstić information content (AvgIpc) is 1.60. The van der Waals surface area contributed by atoms with Crippen molar-refractivity contribution in [1.29, 1.82) is 0 Å². The molecule has 37 nitrogen and oxygen atoms in total. The lowest BCUT2D eigenvalue weighted by Gasteiger charge is -2.37. The predicted molar refractivity (Wildman–Crippen MR) is 366 cm³/mol. The van der Waals surface area contributed by atoms with Crippen molar-refractivity contribution in [3.8, 4) is 23.0 Å². The Hall–Kier alpha value is -9.89. The zero-order valence-corrected chi connectivity index (χ0v) is 59.8. The smallest absolute Gasteiger partial charge is 0.336 e. The minimum Gasteiger partial charge on any atom is -0.507 e. The zero-order chi connectivity index (χ0) is 79.3.